The predicted molar refractivity (Wildman–Crippen MR) is 42.2 cm³/mol. The molecule has 0 N–H and O–H groups in total. The lowest BCUT2D eigenvalue weighted by Gasteiger charge is -1.88. The van der Waals surface area contributed by atoms with Gasteiger partial charge >= 0.3 is 0 Å². The van der Waals surface area contributed by atoms with Gasteiger partial charge < -0.3 is 0 Å². The summed E-state index contributed by atoms with van der Waals surface area (Å²) in [6, 6.07) is 1.99. The van der Waals surface area contributed by atoms with E-state index >= 15 is 0 Å². The van der Waals surface area contributed by atoms with E-state index in [1.54, 1.807) is 17.5 Å². The molecule has 2 aromatic heterocycles. The fourth-order valence-corrected chi connectivity index (χ4v) is 1.52. The SMILES string of the molecule is Cc1cnc2sccc2n1. The summed E-state index contributed by atoms with van der Waals surface area (Å²) in [5, 5.41) is 2.00. The standard InChI is InChI=1S/C7H6N2S/c1-5-4-8-7-6(9-5)2-3-10-7/h2-4H,1H3. The third kappa shape index (κ3) is 0.789. The molecule has 0 unspecified atom stereocenters. The van der Waals surface area contributed by atoms with Crippen LogP contribution in [0.2, 0.25) is 0 Å². The lowest BCUT2D eigenvalue weighted by Crippen LogP contribution is -1.81. The molecule has 2 aromatic rings. The molecule has 0 radical (unpaired) electrons. The van der Waals surface area contributed by atoms with Crippen LogP contribution >= 0.6 is 11.3 Å². The zero-order chi connectivity index (χ0) is 6.97. The Labute approximate surface area is 62.6 Å². The first-order chi connectivity index (χ1) is 4.86. The van der Waals surface area contributed by atoms with Gasteiger partial charge in [-0.25, -0.2) is 9.97 Å². The van der Waals surface area contributed by atoms with Crippen molar-refractivity contribution in [2.75, 3.05) is 0 Å². The molecule has 2 nitrogen and oxygen atoms in total. The van der Waals surface area contributed by atoms with E-state index in [9.17, 15) is 0 Å². The first kappa shape index (κ1) is 5.80. The van der Waals surface area contributed by atoms with Crippen molar-refractivity contribution in [1.29, 1.82) is 0 Å². The van der Waals surface area contributed by atoms with E-state index < -0.39 is 0 Å². The summed E-state index contributed by atoms with van der Waals surface area (Å²) < 4.78 is 0. The van der Waals surface area contributed by atoms with Gasteiger partial charge in [0.05, 0.1) is 5.69 Å². The molecular formula is C7H6N2S. The number of hydrogen-bond donors (Lipinski definition) is 0. The highest BCUT2D eigenvalue weighted by molar-refractivity contribution is 7.16. The predicted octanol–water partition coefficient (Wildman–Crippen LogP) is 2.00. The van der Waals surface area contributed by atoms with E-state index in [0.29, 0.717) is 0 Å². The molecule has 50 valence electrons. The number of thiophene rings is 1. The maximum absolute atomic E-state index is 4.28. The third-order valence-electron chi connectivity index (χ3n) is 1.29. The lowest BCUT2D eigenvalue weighted by molar-refractivity contribution is 1.20. The summed E-state index contributed by atoms with van der Waals surface area (Å²) in [6.07, 6.45) is 1.79. The third-order valence-corrected chi connectivity index (χ3v) is 2.10. The van der Waals surface area contributed by atoms with E-state index in [4.69, 9.17) is 0 Å². The molecule has 0 fully saturated rings. The fraction of sp³-hybridized carbons (Fsp3) is 0.143. The van der Waals surface area contributed by atoms with Crippen LogP contribution in [0.15, 0.2) is 17.6 Å². The molecule has 3 heteroatoms. The summed E-state index contributed by atoms with van der Waals surface area (Å²) >= 11 is 1.62. The fourth-order valence-electron chi connectivity index (χ4n) is 0.847. The van der Waals surface area contributed by atoms with Gasteiger partial charge in [-0.15, -0.1) is 11.3 Å². The van der Waals surface area contributed by atoms with Gasteiger partial charge in [-0.05, 0) is 18.4 Å². The Bertz CT molecular complexity index is 353. The van der Waals surface area contributed by atoms with E-state index in [1.807, 2.05) is 18.4 Å². The van der Waals surface area contributed by atoms with E-state index in [-0.39, 0.29) is 0 Å². The average molecular weight is 150 g/mol. The molecule has 0 saturated heterocycles. The van der Waals surface area contributed by atoms with Gasteiger partial charge in [0.25, 0.3) is 0 Å². The highest BCUT2D eigenvalue weighted by Gasteiger charge is 1.95. The number of fused-ring (bicyclic) bond motifs is 1. The smallest absolute Gasteiger partial charge is 0.141 e. The largest absolute Gasteiger partial charge is 0.249 e. The zero-order valence-electron chi connectivity index (χ0n) is 5.53. The van der Waals surface area contributed by atoms with Crippen molar-refractivity contribution < 1.29 is 0 Å². The summed E-state index contributed by atoms with van der Waals surface area (Å²) in [7, 11) is 0. The molecule has 0 atom stereocenters. The molecule has 0 aliphatic rings. The number of aryl methyl sites for hydroxylation is 1. The second kappa shape index (κ2) is 2.02. The summed E-state index contributed by atoms with van der Waals surface area (Å²) in [5.74, 6) is 0. The highest BCUT2D eigenvalue weighted by Crippen LogP contribution is 2.14. The van der Waals surface area contributed by atoms with Gasteiger partial charge in [0.1, 0.15) is 10.3 Å². The molecule has 0 aliphatic carbocycles. The second-order valence-electron chi connectivity index (χ2n) is 2.12. The van der Waals surface area contributed by atoms with Crippen LogP contribution in [-0.4, -0.2) is 9.97 Å². The van der Waals surface area contributed by atoms with Crippen LogP contribution in [-0.2, 0) is 0 Å². The zero-order valence-corrected chi connectivity index (χ0v) is 6.35. The first-order valence-electron chi connectivity index (χ1n) is 3.03. The maximum atomic E-state index is 4.28. The van der Waals surface area contributed by atoms with Crippen molar-refractivity contribution in [3.8, 4) is 0 Å². The van der Waals surface area contributed by atoms with E-state index in [2.05, 4.69) is 9.97 Å². The molecule has 2 heterocycles. The molecule has 0 amide bonds. The van der Waals surface area contributed by atoms with Gasteiger partial charge in [0, 0.05) is 6.20 Å². The van der Waals surface area contributed by atoms with Crippen molar-refractivity contribution in [2.24, 2.45) is 0 Å². The summed E-state index contributed by atoms with van der Waals surface area (Å²) in [6.45, 7) is 1.95. The van der Waals surface area contributed by atoms with Crippen molar-refractivity contribution in [3.05, 3.63) is 23.3 Å². The van der Waals surface area contributed by atoms with Crippen LogP contribution in [0.3, 0.4) is 0 Å². The number of hydrogen-bond acceptors (Lipinski definition) is 3. The molecule has 2 rings (SSSR count). The van der Waals surface area contributed by atoms with Crippen LogP contribution in [0.4, 0.5) is 0 Å². The Morgan fingerprint density at radius 1 is 1.50 bits per heavy atom. The van der Waals surface area contributed by atoms with Crippen LogP contribution in [0, 0.1) is 6.92 Å². The van der Waals surface area contributed by atoms with Crippen LogP contribution < -0.4 is 0 Å². The second-order valence-corrected chi connectivity index (χ2v) is 3.02. The number of nitrogens with zero attached hydrogens (tertiary/aromatic N) is 2. The monoisotopic (exact) mass is 150 g/mol. The molecule has 10 heavy (non-hydrogen) atoms. The van der Waals surface area contributed by atoms with Gasteiger partial charge in [-0.3, -0.25) is 0 Å². The molecule has 0 aromatic carbocycles. The molecule has 0 aliphatic heterocycles. The van der Waals surface area contributed by atoms with E-state index in [0.717, 1.165) is 16.0 Å². The summed E-state index contributed by atoms with van der Waals surface area (Å²) in [4.78, 5) is 9.50. The van der Waals surface area contributed by atoms with Crippen molar-refractivity contribution >= 4 is 21.7 Å². The van der Waals surface area contributed by atoms with Gasteiger partial charge in [0.15, 0.2) is 0 Å². The molecule has 0 bridgehead atoms. The highest BCUT2D eigenvalue weighted by atomic mass is 32.1. The van der Waals surface area contributed by atoms with Crippen LogP contribution in [0.1, 0.15) is 5.69 Å². The summed E-state index contributed by atoms with van der Waals surface area (Å²) in [5.41, 5.74) is 1.98. The molecule has 0 saturated carbocycles. The van der Waals surface area contributed by atoms with Gasteiger partial charge in [-0.2, -0.15) is 0 Å². The Balaban J connectivity index is 2.86. The Hall–Kier alpha value is -0.960. The quantitative estimate of drug-likeness (QED) is 0.574. The topological polar surface area (TPSA) is 25.8 Å². The number of aromatic nitrogens is 2. The van der Waals surface area contributed by atoms with Crippen LogP contribution in [0.25, 0.3) is 10.3 Å². The van der Waals surface area contributed by atoms with Gasteiger partial charge in [-0.1, -0.05) is 0 Å². The number of rotatable bonds is 0. The minimum Gasteiger partial charge on any atom is -0.249 e. The Morgan fingerprint density at radius 2 is 2.40 bits per heavy atom. The lowest BCUT2D eigenvalue weighted by atomic mass is 10.5. The first-order valence-corrected chi connectivity index (χ1v) is 3.91. The Morgan fingerprint density at radius 3 is 3.30 bits per heavy atom. The van der Waals surface area contributed by atoms with Gasteiger partial charge in [0.2, 0.25) is 0 Å². The van der Waals surface area contributed by atoms with E-state index in [1.165, 1.54) is 0 Å². The normalized spacial score (nSPS) is 10.5. The van der Waals surface area contributed by atoms with Crippen LogP contribution in [0.5, 0.6) is 0 Å². The Kier molecular flexibility index (Phi) is 1.17. The van der Waals surface area contributed by atoms with Crippen molar-refractivity contribution in [1.82, 2.24) is 9.97 Å². The van der Waals surface area contributed by atoms with Crippen molar-refractivity contribution in [3.63, 3.8) is 0 Å². The molecule has 0 spiro atoms. The minimum absolute atomic E-state index is 0.978. The average Bonchev–Trinajstić information content (AvgIpc) is 2.33. The minimum atomic E-state index is 0.978. The maximum Gasteiger partial charge on any atom is 0.141 e. The molecular weight excluding hydrogens is 144 g/mol. The van der Waals surface area contributed by atoms with Crippen molar-refractivity contribution in [2.45, 2.75) is 6.92 Å².